The van der Waals surface area contributed by atoms with Crippen LogP contribution in [0.15, 0.2) is 24.3 Å². The molecule has 3 saturated carbocycles. The fourth-order valence-electron chi connectivity index (χ4n) is 7.11. The van der Waals surface area contributed by atoms with Crippen molar-refractivity contribution in [3.05, 3.63) is 24.3 Å². The summed E-state index contributed by atoms with van der Waals surface area (Å²) in [7, 11) is 0. The van der Waals surface area contributed by atoms with Gasteiger partial charge >= 0.3 is 0 Å². The summed E-state index contributed by atoms with van der Waals surface area (Å²) in [6.07, 6.45) is 19.0. The van der Waals surface area contributed by atoms with Gasteiger partial charge in [0.25, 0.3) is 0 Å². The molecule has 160 valence electrons. The molecule has 7 atom stereocenters. The predicted octanol–water partition coefficient (Wildman–Crippen LogP) is 7.55. The number of hydrogen-bond donors (Lipinski definition) is 1. The van der Waals surface area contributed by atoms with Gasteiger partial charge in [-0.3, -0.25) is 0 Å². The molecule has 0 amide bonds. The van der Waals surface area contributed by atoms with Crippen molar-refractivity contribution in [1.29, 1.82) is 0 Å². The summed E-state index contributed by atoms with van der Waals surface area (Å²) in [4.78, 5) is 0. The second-order valence-corrected chi connectivity index (χ2v) is 11.2. The molecule has 0 aromatic rings. The molecule has 0 radical (unpaired) electrons. The first kappa shape index (κ1) is 22.1. The molecule has 0 heterocycles. The Labute approximate surface area is 175 Å². The Kier molecular flexibility index (Phi) is 7.51. The molecule has 0 spiro atoms. The van der Waals surface area contributed by atoms with Gasteiger partial charge in [-0.1, -0.05) is 77.7 Å². The van der Waals surface area contributed by atoms with Gasteiger partial charge in [0.2, 0.25) is 0 Å². The minimum absolute atomic E-state index is 0.126. The first-order valence-electron chi connectivity index (χ1n) is 12.3. The maximum Gasteiger partial charge on any atom is 0.0552 e. The summed E-state index contributed by atoms with van der Waals surface area (Å²) in [6, 6.07) is 0. The Morgan fingerprint density at radius 2 is 1.89 bits per heavy atom. The van der Waals surface area contributed by atoms with Crippen LogP contribution in [-0.4, -0.2) is 11.2 Å². The molecule has 0 aromatic carbocycles. The van der Waals surface area contributed by atoms with Crippen molar-refractivity contribution >= 4 is 0 Å². The number of fused-ring (bicyclic) bond motifs is 1. The van der Waals surface area contributed by atoms with E-state index < -0.39 is 0 Å². The molecule has 3 fully saturated rings. The Morgan fingerprint density at radius 1 is 1.11 bits per heavy atom. The highest BCUT2D eigenvalue weighted by Gasteiger charge is 2.51. The normalized spacial score (nSPS) is 40.2. The highest BCUT2D eigenvalue weighted by atomic mass is 16.3. The van der Waals surface area contributed by atoms with Crippen molar-refractivity contribution < 1.29 is 5.11 Å². The first-order valence-corrected chi connectivity index (χ1v) is 12.3. The Bertz CT molecular complexity index is 546. The van der Waals surface area contributed by atoms with Crippen molar-refractivity contribution in [1.82, 2.24) is 0 Å². The van der Waals surface area contributed by atoms with E-state index in [0.29, 0.717) is 11.3 Å². The Balaban J connectivity index is 1.62. The van der Waals surface area contributed by atoms with Crippen LogP contribution in [0, 0.1) is 40.9 Å². The molecule has 1 nitrogen and oxygen atoms in total. The Morgan fingerprint density at radius 3 is 2.64 bits per heavy atom. The second-order valence-electron chi connectivity index (χ2n) is 11.2. The third-order valence-corrected chi connectivity index (χ3v) is 8.82. The predicted molar refractivity (Wildman–Crippen MR) is 121 cm³/mol. The van der Waals surface area contributed by atoms with Gasteiger partial charge in [0, 0.05) is 0 Å². The van der Waals surface area contributed by atoms with Gasteiger partial charge in [-0.15, -0.1) is 0 Å². The zero-order valence-electron chi connectivity index (χ0n) is 19.1. The number of aliphatic hydroxyl groups is 1. The van der Waals surface area contributed by atoms with Crippen molar-refractivity contribution in [3.8, 4) is 0 Å². The van der Waals surface area contributed by atoms with Crippen molar-refractivity contribution in [2.75, 3.05) is 0 Å². The lowest BCUT2D eigenvalue weighted by molar-refractivity contribution is 0.0430. The van der Waals surface area contributed by atoms with E-state index in [-0.39, 0.29) is 6.10 Å². The molecule has 1 heteroatoms. The summed E-state index contributed by atoms with van der Waals surface area (Å²) < 4.78 is 0. The van der Waals surface area contributed by atoms with Gasteiger partial charge in [0.05, 0.1) is 6.10 Å². The van der Waals surface area contributed by atoms with E-state index >= 15 is 0 Å². The SMILES string of the molecule is C=C1CC[C@H](O)CC1/C=C/C1CCC[C@]2(C)[C@@H]([C@H](C)CCCC(C)C)CC[C@@H]12. The molecule has 1 N–H and O–H groups in total. The topological polar surface area (TPSA) is 20.2 Å². The standard InChI is InChI=1S/C27H46O/c1-19(2)8-6-9-21(4)25-15-16-26-22(10-7-17-27(25,26)5)12-13-23-18-24(28)14-11-20(23)3/h12-13,19,21-26,28H,3,6-11,14-18H2,1-2,4-5H3/b13-12+/t21-,22?,23?,24+,25-,26+,27-/m1/s1. The molecule has 0 aromatic heterocycles. The molecular weight excluding hydrogens is 340 g/mol. The zero-order valence-corrected chi connectivity index (χ0v) is 19.1. The first-order chi connectivity index (χ1) is 13.3. The van der Waals surface area contributed by atoms with Gasteiger partial charge in [0.15, 0.2) is 0 Å². The molecule has 3 aliphatic carbocycles. The quantitative estimate of drug-likeness (QED) is 0.448. The molecule has 0 bridgehead atoms. The average molecular weight is 387 g/mol. The highest BCUT2D eigenvalue weighted by Crippen LogP contribution is 2.60. The highest BCUT2D eigenvalue weighted by molar-refractivity contribution is 5.15. The van der Waals surface area contributed by atoms with Crippen LogP contribution in [0.25, 0.3) is 0 Å². The lowest BCUT2D eigenvalue weighted by Gasteiger charge is -2.46. The summed E-state index contributed by atoms with van der Waals surface area (Å²) in [5.74, 6) is 4.67. The van der Waals surface area contributed by atoms with Gasteiger partial charge in [-0.05, 0) is 85.9 Å². The molecule has 0 aliphatic heterocycles. The fraction of sp³-hybridized carbons (Fsp3) is 0.852. The minimum Gasteiger partial charge on any atom is -0.393 e. The third kappa shape index (κ3) is 4.94. The Hall–Kier alpha value is -0.560. The van der Waals surface area contributed by atoms with Crippen LogP contribution in [0.5, 0.6) is 0 Å². The number of hydrogen-bond acceptors (Lipinski definition) is 1. The van der Waals surface area contributed by atoms with Crippen LogP contribution in [0.3, 0.4) is 0 Å². The smallest absolute Gasteiger partial charge is 0.0552 e. The molecular formula is C27H46O. The van der Waals surface area contributed by atoms with Gasteiger partial charge in [-0.2, -0.15) is 0 Å². The summed E-state index contributed by atoms with van der Waals surface area (Å²) >= 11 is 0. The maximum absolute atomic E-state index is 10.1. The maximum atomic E-state index is 10.1. The van der Waals surface area contributed by atoms with Gasteiger partial charge in [0.1, 0.15) is 0 Å². The molecule has 28 heavy (non-hydrogen) atoms. The second kappa shape index (κ2) is 9.50. The molecule has 2 unspecified atom stereocenters. The van der Waals surface area contributed by atoms with Crippen LogP contribution in [0.1, 0.15) is 98.3 Å². The van der Waals surface area contributed by atoms with E-state index in [1.165, 1.54) is 56.9 Å². The van der Waals surface area contributed by atoms with Gasteiger partial charge in [-0.25, -0.2) is 0 Å². The summed E-state index contributed by atoms with van der Waals surface area (Å²) in [6.45, 7) is 14.2. The van der Waals surface area contributed by atoms with Crippen LogP contribution in [0.4, 0.5) is 0 Å². The minimum atomic E-state index is -0.126. The van der Waals surface area contributed by atoms with Crippen molar-refractivity contribution in [2.24, 2.45) is 40.9 Å². The van der Waals surface area contributed by atoms with Crippen LogP contribution in [0.2, 0.25) is 0 Å². The number of allylic oxidation sites excluding steroid dienone is 3. The van der Waals surface area contributed by atoms with E-state index in [2.05, 4.69) is 46.4 Å². The van der Waals surface area contributed by atoms with E-state index in [1.807, 2.05) is 0 Å². The zero-order chi connectivity index (χ0) is 20.3. The largest absolute Gasteiger partial charge is 0.393 e. The number of rotatable bonds is 7. The van der Waals surface area contributed by atoms with E-state index in [4.69, 9.17) is 0 Å². The number of aliphatic hydroxyl groups excluding tert-OH is 1. The van der Waals surface area contributed by atoms with E-state index in [9.17, 15) is 5.11 Å². The molecule has 0 saturated heterocycles. The average Bonchev–Trinajstić information content (AvgIpc) is 2.99. The lowest BCUT2D eigenvalue weighted by atomic mass is 9.59. The molecule has 3 rings (SSSR count). The monoisotopic (exact) mass is 386 g/mol. The van der Waals surface area contributed by atoms with Crippen LogP contribution >= 0.6 is 0 Å². The summed E-state index contributed by atoms with van der Waals surface area (Å²) in [5.41, 5.74) is 1.89. The van der Waals surface area contributed by atoms with Crippen LogP contribution < -0.4 is 0 Å². The van der Waals surface area contributed by atoms with Crippen molar-refractivity contribution in [2.45, 2.75) is 104 Å². The third-order valence-electron chi connectivity index (χ3n) is 8.82. The molecule has 3 aliphatic rings. The van der Waals surface area contributed by atoms with E-state index in [0.717, 1.165) is 48.9 Å². The van der Waals surface area contributed by atoms with Crippen molar-refractivity contribution in [3.63, 3.8) is 0 Å². The van der Waals surface area contributed by atoms with Crippen LogP contribution in [-0.2, 0) is 0 Å². The van der Waals surface area contributed by atoms with E-state index in [1.54, 1.807) is 0 Å². The summed E-state index contributed by atoms with van der Waals surface area (Å²) in [5, 5.41) is 10.1. The van der Waals surface area contributed by atoms with Gasteiger partial charge < -0.3 is 5.11 Å². The lowest BCUT2D eigenvalue weighted by Crippen LogP contribution is -2.38. The fourth-order valence-corrected chi connectivity index (χ4v) is 7.11.